The van der Waals surface area contributed by atoms with Crippen LogP contribution in [0.4, 0.5) is 10.5 Å². The van der Waals surface area contributed by atoms with Crippen molar-refractivity contribution in [2.45, 2.75) is 97.4 Å². The Bertz CT molecular complexity index is 1370. The molecule has 0 radical (unpaired) electrons. The van der Waals surface area contributed by atoms with Crippen molar-refractivity contribution in [3.63, 3.8) is 0 Å². The number of pyridine rings is 1. The van der Waals surface area contributed by atoms with E-state index < -0.39 is 6.09 Å². The van der Waals surface area contributed by atoms with Gasteiger partial charge in [0.15, 0.2) is 0 Å². The number of carbonyl (C=O) groups is 1. The molecule has 9 heteroatoms. The predicted octanol–water partition coefficient (Wildman–Crippen LogP) is 6.47. The van der Waals surface area contributed by atoms with Crippen LogP contribution in [0.25, 0.3) is 10.9 Å². The van der Waals surface area contributed by atoms with Crippen LogP contribution >= 0.6 is 11.5 Å². The average Bonchev–Trinajstić information content (AvgIpc) is 3.27. The molecule has 0 amide bonds. The highest BCUT2D eigenvalue weighted by atomic mass is 32.1. The summed E-state index contributed by atoms with van der Waals surface area (Å²) < 4.78 is 7.62. The van der Waals surface area contributed by atoms with Crippen LogP contribution in [0.5, 0.6) is 0 Å². The SMILES string of the molecule is CCOC(=O)n1s/c(=N/CCCCCCCCCNc2c3c(nc4ccccc24)CCCC3)n(C(C)C)c1=O. The first-order valence-electron chi connectivity index (χ1n) is 14.7. The van der Waals surface area contributed by atoms with Crippen LogP contribution in [-0.2, 0) is 17.6 Å². The van der Waals surface area contributed by atoms with Crippen molar-refractivity contribution in [2.75, 3.05) is 25.0 Å². The highest BCUT2D eigenvalue weighted by molar-refractivity contribution is 7.04. The molecule has 1 N–H and O–H groups in total. The van der Waals surface area contributed by atoms with Crippen LogP contribution in [0.3, 0.4) is 0 Å². The number of aromatic nitrogens is 3. The second-order valence-corrected chi connectivity index (χ2v) is 11.4. The molecule has 0 spiro atoms. The number of carbonyl (C=O) groups excluding carboxylic acids is 1. The zero-order valence-corrected chi connectivity index (χ0v) is 24.5. The first-order valence-corrected chi connectivity index (χ1v) is 15.5. The molecule has 4 rings (SSSR count). The largest absolute Gasteiger partial charge is 0.449 e. The Morgan fingerprint density at radius 3 is 2.56 bits per heavy atom. The molecule has 0 saturated carbocycles. The Morgan fingerprint density at radius 2 is 1.79 bits per heavy atom. The molecule has 212 valence electrons. The van der Waals surface area contributed by atoms with Gasteiger partial charge in [0.25, 0.3) is 0 Å². The molecule has 3 aromatic rings. The summed E-state index contributed by atoms with van der Waals surface area (Å²) in [6, 6.07) is 8.45. The van der Waals surface area contributed by atoms with E-state index in [9.17, 15) is 9.59 Å². The molecule has 0 atom stereocenters. The van der Waals surface area contributed by atoms with Gasteiger partial charge in [-0.05, 0) is 82.5 Å². The number of hydrogen-bond donors (Lipinski definition) is 1. The molecule has 0 aliphatic heterocycles. The lowest BCUT2D eigenvalue weighted by Gasteiger charge is -2.21. The molecule has 2 heterocycles. The number of anilines is 1. The third-order valence-electron chi connectivity index (χ3n) is 7.26. The number of fused-ring (bicyclic) bond motifs is 2. The monoisotopic (exact) mass is 553 g/mol. The standard InChI is InChI=1S/C30H43N5O3S/c1-4-38-30(37)35-29(36)34(22(2)3)28(39-35)32-21-15-9-7-5-6-8-14-20-31-27-23-16-10-12-18-25(23)33-26-19-13-11-17-24(26)27/h10,12,16,18,22H,4-9,11,13-15,17,19-21H2,1-3H3,(H,31,33)/b32-28+. The number of benzene rings is 1. The van der Waals surface area contributed by atoms with Crippen LogP contribution in [0.15, 0.2) is 34.1 Å². The average molecular weight is 554 g/mol. The minimum absolute atomic E-state index is 0.0691. The van der Waals surface area contributed by atoms with E-state index in [0.29, 0.717) is 11.3 Å². The van der Waals surface area contributed by atoms with Crippen LogP contribution < -0.4 is 15.8 Å². The Kier molecular flexibility index (Phi) is 10.8. The predicted molar refractivity (Wildman–Crippen MR) is 159 cm³/mol. The topological polar surface area (TPSA) is 90.5 Å². The van der Waals surface area contributed by atoms with Crippen LogP contribution in [0.1, 0.15) is 95.9 Å². The molecule has 1 aliphatic rings. The van der Waals surface area contributed by atoms with E-state index >= 15 is 0 Å². The molecule has 0 bridgehead atoms. The Morgan fingerprint density at radius 1 is 1.08 bits per heavy atom. The summed E-state index contributed by atoms with van der Waals surface area (Å²) in [6.07, 6.45) is 12.3. The van der Waals surface area contributed by atoms with Crippen LogP contribution in [0.2, 0.25) is 0 Å². The summed E-state index contributed by atoms with van der Waals surface area (Å²) >= 11 is 1.06. The van der Waals surface area contributed by atoms with Gasteiger partial charge in [-0.1, -0.05) is 50.3 Å². The van der Waals surface area contributed by atoms with Gasteiger partial charge in [0.1, 0.15) is 0 Å². The molecular weight excluding hydrogens is 510 g/mol. The van der Waals surface area contributed by atoms with Gasteiger partial charge in [0, 0.05) is 35.9 Å². The van der Waals surface area contributed by atoms with E-state index in [1.54, 1.807) is 11.5 Å². The van der Waals surface area contributed by atoms with Gasteiger partial charge >= 0.3 is 11.8 Å². The lowest BCUT2D eigenvalue weighted by molar-refractivity contribution is 0.155. The van der Waals surface area contributed by atoms with E-state index in [2.05, 4.69) is 34.6 Å². The van der Waals surface area contributed by atoms with E-state index in [1.807, 2.05) is 13.8 Å². The number of aryl methyl sites for hydroxylation is 1. The minimum atomic E-state index is -0.632. The van der Waals surface area contributed by atoms with Crippen LogP contribution in [0, 0.1) is 0 Å². The normalized spacial score (nSPS) is 13.7. The second kappa shape index (κ2) is 14.4. The van der Waals surface area contributed by atoms with Gasteiger partial charge in [-0.3, -0.25) is 14.5 Å². The first-order chi connectivity index (χ1) is 19.0. The van der Waals surface area contributed by atoms with Crippen molar-refractivity contribution in [2.24, 2.45) is 4.99 Å². The number of unbranched alkanes of at least 4 members (excludes halogenated alkanes) is 6. The highest BCUT2D eigenvalue weighted by Gasteiger charge is 2.18. The molecule has 8 nitrogen and oxygen atoms in total. The maximum atomic E-state index is 12.6. The number of nitrogens with one attached hydrogen (secondary N) is 1. The van der Waals surface area contributed by atoms with Gasteiger partial charge in [-0.25, -0.2) is 9.59 Å². The first kappa shape index (κ1) is 29.1. The molecule has 2 aromatic heterocycles. The number of para-hydroxylation sites is 1. The third kappa shape index (κ3) is 7.38. The van der Waals surface area contributed by atoms with Gasteiger partial charge in [-0.15, -0.1) is 3.96 Å². The van der Waals surface area contributed by atoms with Gasteiger partial charge in [0.2, 0.25) is 4.80 Å². The summed E-state index contributed by atoms with van der Waals surface area (Å²) in [5.41, 5.74) is 4.78. The fourth-order valence-electron chi connectivity index (χ4n) is 5.27. The van der Waals surface area contributed by atoms with E-state index in [-0.39, 0.29) is 18.3 Å². The summed E-state index contributed by atoms with van der Waals surface area (Å²) in [6.45, 7) is 7.46. The summed E-state index contributed by atoms with van der Waals surface area (Å²) in [5, 5.41) is 5.03. The fraction of sp³-hybridized carbons (Fsp3) is 0.600. The number of rotatable bonds is 13. The fourth-order valence-corrected chi connectivity index (χ4v) is 6.25. The Hall–Kier alpha value is -2.94. The molecule has 39 heavy (non-hydrogen) atoms. The lowest BCUT2D eigenvalue weighted by Crippen LogP contribution is -2.33. The molecule has 1 aromatic carbocycles. The number of ether oxygens (including phenoxy) is 1. The van der Waals surface area contributed by atoms with Crippen molar-refractivity contribution in [1.82, 2.24) is 13.5 Å². The third-order valence-corrected chi connectivity index (χ3v) is 8.24. The summed E-state index contributed by atoms with van der Waals surface area (Å²) in [4.78, 5) is 34.8. The molecule has 0 saturated heterocycles. The lowest BCUT2D eigenvalue weighted by atomic mass is 9.92. The maximum Gasteiger partial charge on any atom is 0.432 e. The Balaban J connectivity index is 1.17. The zero-order chi connectivity index (χ0) is 27.6. The summed E-state index contributed by atoms with van der Waals surface area (Å²) in [7, 11) is 0. The smallest absolute Gasteiger partial charge is 0.432 e. The van der Waals surface area contributed by atoms with Gasteiger partial charge in [0.05, 0.1) is 12.1 Å². The molecule has 1 aliphatic carbocycles. The highest BCUT2D eigenvalue weighted by Crippen LogP contribution is 2.33. The van der Waals surface area contributed by atoms with Crippen molar-refractivity contribution in [3.8, 4) is 0 Å². The summed E-state index contributed by atoms with van der Waals surface area (Å²) in [5.74, 6) is 0. The van der Waals surface area contributed by atoms with Crippen LogP contribution in [-0.4, -0.2) is 39.3 Å². The van der Waals surface area contributed by atoms with Gasteiger partial charge in [-0.2, -0.15) is 0 Å². The van der Waals surface area contributed by atoms with Crippen molar-refractivity contribution >= 4 is 34.2 Å². The number of nitrogens with zero attached hydrogens (tertiary/aromatic N) is 4. The van der Waals surface area contributed by atoms with E-state index in [0.717, 1.165) is 53.2 Å². The second-order valence-electron chi connectivity index (χ2n) is 10.5. The number of hydrogen-bond acceptors (Lipinski definition) is 7. The van der Waals surface area contributed by atoms with Crippen molar-refractivity contribution < 1.29 is 9.53 Å². The molecular formula is C30H43N5O3S. The quantitative estimate of drug-likeness (QED) is 0.245. The van der Waals surface area contributed by atoms with E-state index in [1.165, 1.54) is 67.3 Å². The maximum absolute atomic E-state index is 12.6. The van der Waals surface area contributed by atoms with Gasteiger partial charge < -0.3 is 10.1 Å². The van der Waals surface area contributed by atoms with Crippen molar-refractivity contribution in [1.29, 1.82) is 0 Å². The Labute approximate surface area is 235 Å². The molecule has 0 unspecified atom stereocenters. The zero-order valence-electron chi connectivity index (χ0n) is 23.7. The molecule has 0 fully saturated rings. The van der Waals surface area contributed by atoms with E-state index in [4.69, 9.17) is 9.72 Å². The van der Waals surface area contributed by atoms with Crippen molar-refractivity contribution in [3.05, 3.63) is 50.8 Å². The minimum Gasteiger partial charge on any atom is -0.449 e.